The Morgan fingerprint density at radius 1 is 1.37 bits per heavy atom. The highest BCUT2D eigenvalue weighted by Gasteiger charge is 2.60. The standard InChI is InChI=1S/C17H21NO/c1-16(19,10-13-5-3-2-4-6-13)17(12-18)11-14-7-8-15(17)9-14/h2-6,14-15,19H,7-11H2,1H3. The molecule has 0 heterocycles. The monoisotopic (exact) mass is 255 g/mol. The summed E-state index contributed by atoms with van der Waals surface area (Å²) in [4.78, 5) is 0. The minimum absolute atomic E-state index is 0.390. The molecule has 19 heavy (non-hydrogen) atoms. The molecule has 1 N–H and O–H groups in total. The Balaban J connectivity index is 1.89. The van der Waals surface area contributed by atoms with Crippen LogP contribution in [0.25, 0.3) is 0 Å². The van der Waals surface area contributed by atoms with Gasteiger partial charge in [0.2, 0.25) is 0 Å². The molecular weight excluding hydrogens is 234 g/mol. The van der Waals surface area contributed by atoms with Crippen molar-refractivity contribution in [1.82, 2.24) is 0 Å². The first-order valence-electron chi connectivity index (χ1n) is 7.25. The Hall–Kier alpha value is -1.33. The number of aliphatic hydroxyl groups is 1. The lowest BCUT2D eigenvalue weighted by Crippen LogP contribution is -2.50. The first-order chi connectivity index (χ1) is 9.07. The predicted octanol–water partition coefficient (Wildman–Crippen LogP) is 3.31. The zero-order valence-corrected chi connectivity index (χ0v) is 11.5. The highest BCUT2D eigenvalue weighted by Crippen LogP contribution is 2.60. The van der Waals surface area contributed by atoms with Crippen molar-refractivity contribution in [3.63, 3.8) is 0 Å². The Morgan fingerprint density at radius 3 is 2.63 bits per heavy atom. The topological polar surface area (TPSA) is 44.0 Å². The van der Waals surface area contributed by atoms with Crippen molar-refractivity contribution in [1.29, 1.82) is 5.26 Å². The molecule has 0 saturated heterocycles. The summed E-state index contributed by atoms with van der Waals surface area (Å²) in [5, 5.41) is 20.8. The molecule has 0 radical (unpaired) electrons. The van der Waals surface area contributed by atoms with Crippen LogP contribution >= 0.6 is 0 Å². The molecule has 1 aromatic rings. The van der Waals surface area contributed by atoms with E-state index < -0.39 is 11.0 Å². The molecule has 3 rings (SSSR count). The number of fused-ring (bicyclic) bond motifs is 2. The predicted molar refractivity (Wildman–Crippen MR) is 74.3 cm³/mol. The van der Waals surface area contributed by atoms with Crippen molar-refractivity contribution in [2.24, 2.45) is 17.3 Å². The Labute approximate surface area is 115 Å². The van der Waals surface area contributed by atoms with Crippen molar-refractivity contribution in [3.8, 4) is 6.07 Å². The van der Waals surface area contributed by atoms with E-state index in [1.165, 1.54) is 6.42 Å². The van der Waals surface area contributed by atoms with Crippen molar-refractivity contribution in [2.75, 3.05) is 0 Å². The van der Waals surface area contributed by atoms with Crippen LogP contribution in [0.1, 0.15) is 38.2 Å². The van der Waals surface area contributed by atoms with Gasteiger partial charge in [0, 0.05) is 6.42 Å². The summed E-state index contributed by atoms with van der Waals surface area (Å²) in [6.07, 6.45) is 4.95. The molecule has 0 amide bonds. The van der Waals surface area contributed by atoms with Crippen LogP contribution in [0, 0.1) is 28.6 Å². The average Bonchev–Trinajstić information content (AvgIpc) is 3.00. The van der Waals surface area contributed by atoms with E-state index in [1.54, 1.807) is 0 Å². The van der Waals surface area contributed by atoms with Crippen molar-refractivity contribution < 1.29 is 5.11 Å². The molecule has 0 aliphatic heterocycles. The molecule has 100 valence electrons. The molecular formula is C17H21NO. The number of nitrogens with zero attached hydrogens (tertiary/aromatic N) is 1. The molecule has 2 heteroatoms. The van der Waals surface area contributed by atoms with Crippen LogP contribution in [-0.4, -0.2) is 10.7 Å². The summed E-state index contributed by atoms with van der Waals surface area (Å²) in [6, 6.07) is 12.6. The van der Waals surface area contributed by atoms with Gasteiger partial charge in [0.05, 0.1) is 17.1 Å². The van der Waals surface area contributed by atoms with Gasteiger partial charge >= 0.3 is 0 Å². The third kappa shape index (κ3) is 1.88. The van der Waals surface area contributed by atoms with Gasteiger partial charge in [-0.1, -0.05) is 36.8 Å². The quantitative estimate of drug-likeness (QED) is 0.900. The van der Waals surface area contributed by atoms with Crippen LogP contribution < -0.4 is 0 Å². The maximum atomic E-state index is 11.0. The highest BCUT2D eigenvalue weighted by molar-refractivity contribution is 5.24. The third-order valence-electron chi connectivity index (χ3n) is 5.40. The van der Waals surface area contributed by atoms with Crippen LogP contribution in [0.3, 0.4) is 0 Å². The van der Waals surface area contributed by atoms with E-state index in [0.717, 1.165) is 24.8 Å². The molecule has 4 atom stereocenters. The fraction of sp³-hybridized carbons (Fsp3) is 0.588. The molecule has 2 bridgehead atoms. The lowest BCUT2D eigenvalue weighted by Gasteiger charge is -2.43. The Bertz CT molecular complexity index is 502. The molecule has 2 aliphatic carbocycles. The molecule has 2 fully saturated rings. The van der Waals surface area contributed by atoms with Gasteiger partial charge in [0.25, 0.3) is 0 Å². The number of benzene rings is 1. The maximum Gasteiger partial charge on any atom is 0.0891 e. The summed E-state index contributed by atoms with van der Waals surface area (Å²) >= 11 is 0. The van der Waals surface area contributed by atoms with Gasteiger partial charge in [-0.15, -0.1) is 0 Å². The largest absolute Gasteiger partial charge is 0.388 e. The second kappa shape index (κ2) is 4.35. The lowest BCUT2D eigenvalue weighted by molar-refractivity contribution is -0.0667. The van der Waals surface area contributed by atoms with E-state index in [4.69, 9.17) is 0 Å². The fourth-order valence-corrected chi connectivity index (χ4v) is 4.40. The van der Waals surface area contributed by atoms with Gasteiger partial charge in [-0.3, -0.25) is 0 Å². The van der Waals surface area contributed by atoms with Gasteiger partial charge < -0.3 is 5.11 Å². The van der Waals surface area contributed by atoms with Gasteiger partial charge in [0.15, 0.2) is 0 Å². The van der Waals surface area contributed by atoms with Crippen molar-refractivity contribution in [2.45, 2.75) is 44.6 Å². The summed E-state index contributed by atoms with van der Waals surface area (Å²) in [5.74, 6) is 1.05. The lowest BCUT2D eigenvalue weighted by atomic mass is 9.62. The Morgan fingerprint density at radius 2 is 2.11 bits per heavy atom. The van der Waals surface area contributed by atoms with Gasteiger partial charge in [-0.05, 0) is 43.6 Å². The second-order valence-corrected chi connectivity index (χ2v) is 6.60. The minimum atomic E-state index is -0.928. The third-order valence-corrected chi connectivity index (χ3v) is 5.40. The van der Waals surface area contributed by atoms with E-state index in [9.17, 15) is 10.4 Å². The smallest absolute Gasteiger partial charge is 0.0891 e. The number of hydrogen-bond donors (Lipinski definition) is 1. The summed E-state index contributed by atoms with van der Waals surface area (Å²) in [5.41, 5.74) is -0.348. The second-order valence-electron chi connectivity index (χ2n) is 6.60. The van der Waals surface area contributed by atoms with Crippen LogP contribution in [0.2, 0.25) is 0 Å². The zero-order chi connectivity index (χ0) is 13.5. The van der Waals surface area contributed by atoms with Gasteiger partial charge in [0.1, 0.15) is 0 Å². The first kappa shape index (κ1) is 12.7. The molecule has 2 aliphatic rings. The number of rotatable bonds is 3. The van der Waals surface area contributed by atoms with E-state index in [1.807, 2.05) is 37.3 Å². The van der Waals surface area contributed by atoms with Crippen LogP contribution in [0.15, 0.2) is 30.3 Å². The summed E-state index contributed by atoms with van der Waals surface area (Å²) in [6.45, 7) is 1.86. The fourth-order valence-electron chi connectivity index (χ4n) is 4.40. The van der Waals surface area contributed by atoms with Crippen LogP contribution in [0.4, 0.5) is 0 Å². The van der Waals surface area contributed by atoms with Gasteiger partial charge in [-0.2, -0.15) is 5.26 Å². The molecule has 2 saturated carbocycles. The van der Waals surface area contributed by atoms with Crippen LogP contribution in [-0.2, 0) is 6.42 Å². The molecule has 2 nitrogen and oxygen atoms in total. The van der Waals surface area contributed by atoms with E-state index in [2.05, 4.69) is 6.07 Å². The normalized spacial score (nSPS) is 35.8. The summed E-state index contributed by atoms with van der Waals surface area (Å²) < 4.78 is 0. The summed E-state index contributed by atoms with van der Waals surface area (Å²) in [7, 11) is 0. The van der Waals surface area contributed by atoms with Gasteiger partial charge in [-0.25, -0.2) is 0 Å². The maximum absolute atomic E-state index is 11.0. The zero-order valence-electron chi connectivity index (χ0n) is 11.5. The van der Waals surface area contributed by atoms with E-state index >= 15 is 0 Å². The highest BCUT2D eigenvalue weighted by atomic mass is 16.3. The molecule has 1 aromatic carbocycles. The number of hydrogen-bond acceptors (Lipinski definition) is 2. The molecule has 0 aromatic heterocycles. The molecule has 4 unspecified atom stereocenters. The SMILES string of the molecule is CC(O)(Cc1ccccc1)C1(C#N)CC2CCC1C2. The Kier molecular flexibility index (Phi) is 2.91. The first-order valence-corrected chi connectivity index (χ1v) is 7.25. The van der Waals surface area contributed by atoms with E-state index in [0.29, 0.717) is 18.3 Å². The van der Waals surface area contributed by atoms with Crippen molar-refractivity contribution in [3.05, 3.63) is 35.9 Å². The van der Waals surface area contributed by atoms with Crippen LogP contribution in [0.5, 0.6) is 0 Å². The average molecular weight is 255 g/mol. The minimum Gasteiger partial charge on any atom is -0.388 e. The number of nitriles is 1. The van der Waals surface area contributed by atoms with E-state index in [-0.39, 0.29) is 0 Å². The van der Waals surface area contributed by atoms with Crippen molar-refractivity contribution >= 4 is 0 Å². The molecule has 0 spiro atoms.